The highest BCUT2D eigenvalue weighted by Crippen LogP contribution is 2.28. The second kappa shape index (κ2) is 9.51. The van der Waals surface area contributed by atoms with E-state index in [1.54, 1.807) is 0 Å². The summed E-state index contributed by atoms with van der Waals surface area (Å²) in [5, 5.41) is 6.56. The molecule has 0 aromatic rings. The van der Waals surface area contributed by atoms with E-state index < -0.39 is 5.60 Å². The number of carbonyl (C=O) groups is 1. The van der Waals surface area contributed by atoms with Crippen molar-refractivity contribution in [2.45, 2.75) is 72.8 Å². The highest BCUT2D eigenvalue weighted by atomic mass is 16.6. The van der Waals surface area contributed by atoms with Crippen LogP contribution in [-0.4, -0.2) is 31.3 Å². The van der Waals surface area contributed by atoms with Gasteiger partial charge in [-0.3, -0.25) is 0 Å². The van der Waals surface area contributed by atoms with Crippen LogP contribution in [0.3, 0.4) is 0 Å². The molecule has 1 rings (SSSR count). The fourth-order valence-electron chi connectivity index (χ4n) is 3.22. The first-order chi connectivity index (χ1) is 10.7. The Bertz CT molecular complexity index is 350. The number of hydrogen-bond acceptors (Lipinski definition) is 3. The SMILES string of the molecule is CC(C)C(CNCC1CCCCC1C)CNC(=O)OC(C)(C)C. The highest BCUT2D eigenvalue weighted by molar-refractivity contribution is 5.67. The molecule has 0 radical (unpaired) electrons. The second-order valence-electron chi connectivity index (χ2n) is 8.57. The van der Waals surface area contributed by atoms with Crippen LogP contribution in [-0.2, 0) is 4.74 Å². The molecule has 1 amide bonds. The lowest BCUT2D eigenvalue weighted by Gasteiger charge is -2.30. The van der Waals surface area contributed by atoms with Gasteiger partial charge in [-0.25, -0.2) is 4.79 Å². The number of ether oxygens (including phenoxy) is 1. The van der Waals surface area contributed by atoms with E-state index in [1.807, 2.05) is 20.8 Å². The third kappa shape index (κ3) is 8.59. The summed E-state index contributed by atoms with van der Waals surface area (Å²) in [4.78, 5) is 11.8. The fraction of sp³-hybridized carbons (Fsp3) is 0.947. The predicted molar refractivity (Wildman–Crippen MR) is 96.6 cm³/mol. The molecular formula is C19H38N2O2. The van der Waals surface area contributed by atoms with Crippen molar-refractivity contribution in [2.75, 3.05) is 19.6 Å². The van der Waals surface area contributed by atoms with E-state index in [9.17, 15) is 4.79 Å². The lowest BCUT2D eigenvalue weighted by atomic mass is 9.80. The maximum atomic E-state index is 11.8. The van der Waals surface area contributed by atoms with Gasteiger partial charge in [0.2, 0.25) is 0 Å². The third-order valence-corrected chi connectivity index (χ3v) is 4.95. The van der Waals surface area contributed by atoms with Gasteiger partial charge in [0, 0.05) is 6.54 Å². The van der Waals surface area contributed by atoms with Crippen molar-refractivity contribution in [1.29, 1.82) is 0 Å². The Labute approximate surface area is 143 Å². The molecule has 2 N–H and O–H groups in total. The second-order valence-corrected chi connectivity index (χ2v) is 8.57. The fourth-order valence-corrected chi connectivity index (χ4v) is 3.22. The molecule has 0 aromatic heterocycles. The number of alkyl carbamates (subject to hydrolysis) is 1. The minimum atomic E-state index is -0.438. The van der Waals surface area contributed by atoms with Crippen LogP contribution in [0.25, 0.3) is 0 Å². The summed E-state index contributed by atoms with van der Waals surface area (Å²) in [6.45, 7) is 15.2. The van der Waals surface area contributed by atoms with Gasteiger partial charge in [-0.1, -0.05) is 40.0 Å². The monoisotopic (exact) mass is 326 g/mol. The molecule has 0 aromatic carbocycles. The summed E-state index contributed by atoms with van der Waals surface area (Å²) in [6, 6.07) is 0. The Morgan fingerprint density at radius 2 is 1.83 bits per heavy atom. The lowest BCUT2D eigenvalue weighted by molar-refractivity contribution is 0.0514. The highest BCUT2D eigenvalue weighted by Gasteiger charge is 2.22. The van der Waals surface area contributed by atoms with Gasteiger partial charge in [0.1, 0.15) is 5.60 Å². The molecule has 3 unspecified atom stereocenters. The van der Waals surface area contributed by atoms with Crippen LogP contribution in [0.4, 0.5) is 4.79 Å². The minimum absolute atomic E-state index is 0.316. The lowest BCUT2D eigenvalue weighted by Crippen LogP contribution is -2.41. The molecular weight excluding hydrogens is 288 g/mol. The largest absolute Gasteiger partial charge is 0.444 e. The normalized spacial score (nSPS) is 23.6. The van der Waals surface area contributed by atoms with E-state index in [0.29, 0.717) is 18.4 Å². The van der Waals surface area contributed by atoms with E-state index in [4.69, 9.17) is 4.74 Å². The van der Waals surface area contributed by atoms with Crippen LogP contribution in [0.15, 0.2) is 0 Å². The number of rotatable bonds is 7. The Hall–Kier alpha value is -0.770. The van der Waals surface area contributed by atoms with Crippen molar-refractivity contribution in [3.8, 4) is 0 Å². The van der Waals surface area contributed by atoms with Gasteiger partial charge in [0.25, 0.3) is 0 Å². The van der Waals surface area contributed by atoms with Crippen LogP contribution in [0.5, 0.6) is 0 Å². The molecule has 0 heterocycles. The zero-order valence-corrected chi connectivity index (χ0v) is 16.1. The molecule has 4 nitrogen and oxygen atoms in total. The number of hydrogen-bond donors (Lipinski definition) is 2. The maximum Gasteiger partial charge on any atom is 0.407 e. The van der Waals surface area contributed by atoms with Crippen LogP contribution in [0.1, 0.15) is 67.2 Å². The average molecular weight is 327 g/mol. The first kappa shape index (κ1) is 20.3. The minimum Gasteiger partial charge on any atom is -0.444 e. The number of carbonyl (C=O) groups excluding carboxylic acids is 1. The molecule has 3 atom stereocenters. The molecule has 1 aliphatic rings. The Morgan fingerprint density at radius 1 is 1.17 bits per heavy atom. The van der Waals surface area contributed by atoms with Crippen LogP contribution in [0.2, 0.25) is 0 Å². The number of nitrogens with one attached hydrogen (secondary N) is 2. The van der Waals surface area contributed by atoms with Gasteiger partial charge >= 0.3 is 6.09 Å². The van der Waals surface area contributed by atoms with Crippen molar-refractivity contribution in [3.05, 3.63) is 0 Å². The topological polar surface area (TPSA) is 50.4 Å². The summed E-state index contributed by atoms with van der Waals surface area (Å²) >= 11 is 0. The zero-order chi connectivity index (χ0) is 17.5. The van der Waals surface area contributed by atoms with Gasteiger partial charge in [-0.2, -0.15) is 0 Å². The van der Waals surface area contributed by atoms with Gasteiger partial charge in [-0.15, -0.1) is 0 Å². The van der Waals surface area contributed by atoms with Gasteiger partial charge in [0.05, 0.1) is 0 Å². The van der Waals surface area contributed by atoms with Crippen molar-refractivity contribution in [2.24, 2.45) is 23.7 Å². The summed E-state index contributed by atoms with van der Waals surface area (Å²) in [5.41, 5.74) is -0.438. The molecule has 23 heavy (non-hydrogen) atoms. The molecule has 0 spiro atoms. The zero-order valence-electron chi connectivity index (χ0n) is 16.1. The summed E-state index contributed by atoms with van der Waals surface area (Å²) in [6.07, 6.45) is 5.19. The Kier molecular flexibility index (Phi) is 8.38. The molecule has 1 aliphatic carbocycles. The van der Waals surface area contributed by atoms with E-state index in [-0.39, 0.29) is 6.09 Å². The van der Waals surface area contributed by atoms with E-state index in [1.165, 1.54) is 25.7 Å². The Morgan fingerprint density at radius 3 is 2.39 bits per heavy atom. The number of amides is 1. The maximum absolute atomic E-state index is 11.8. The van der Waals surface area contributed by atoms with Crippen LogP contribution >= 0.6 is 0 Å². The predicted octanol–water partition coefficient (Wildman–Crippen LogP) is 4.20. The van der Waals surface area contributed by atoms with E-state index >= 15 is 0 Å². The molecule has 0 aliphatic heterocycles. The first-order valence-electron chi connectivity index (χ1n) is 9.36. The van der Waals surface area contributed by atoms with Crippen LogP contribution in [0, 0.1) is 23.7 Å². The van der Waals surface area contributed by atoms with Gasteiger partial charge < -0.3 is 15.4 Å². The first-order valence-corrected chi connectivity index (χ1v) is 9.36. The van der Waals surface area contributed by atoms with Crippen molar-refractivity contribution < 1.29 is 9.53 Å². The quantitative estimate of drug-likeness (QED) is 0.737. The standard InChI is InChI=1S/C19H38N2O2/c1-14(2)17(13-21-18(22)23-19(4,5)6)12-20-11-16-10-8-7-9-15(16)3/h14-17,20H,7-13H2,1-6H3,(H,21,22). The van der Waals surface area contributed by atoms with Crippen molar-refractivity contribution in [1.82, 2.24) is 10.6 Å². The van der Waals surface area contributed by atoms with Crippen molar-refractivity contribution >= 4 is 6.09 Å². The van der Waals surface area contributed by atoms with Crippen molar-refractivity contribution in [3.63, 3.8) is 0 Å². The third-order valence-electron chi connectivity index (χ3n) is 4.95. The summed E-state index contributed by atoms with van der Waals surface area (Å²) in [5.74, 6) is 2.62. The molecule has 136 valence electrons. The van der Waals surface area contributed by atoms with Crippen LogP contribution < -0.4 is 10.6 Å². The summed E-state index contributed by atoms with van der Waals surface area (Å²) in [7, 11) is 0. The summed E-state index contributed by atoms with van der Waals surface area (Å²) < 4.78 is 5.31. The smallest absolute Gasteiger partial charge is 0.407 e. The average Bonchev–Trinajstić information content (AvgIpc) is 2.42. The molecule has 0 saturated heterocycles. The van der Waals surface area contributed by atoms with E-state index in [2.05, 4.69) is 31.4 Å². The molecule has 1 fully saturated rings. The molecule has 4 heteroatoms. The van der Waals surface area contributed by atoms with E-state index in [0.717, 1.165) is 24.9 Å². The molecule has 1 saturated carbocycles. The molecule has 0 bridgehead atoms. The van der Waals surface area contributed by atoms with Gasteiger partial charge in [-0.05, 0) is 64.0 Å². The van der Waals surface area contributed by atoms with Gasteiger partial charge in [0.15, 0.2) is 0 Å². The Balaban J connectivity index is 2.30.